The first-order chi connectivity index (χ1) is 18.9. The van der Waals surface area contributed by atoms with E-state index in [0.717, 1.165) is 34.7 Å². The molecule has 0 saturated heterocycles. The minimum atomic E-state index is -0.329. The Kier molecular flexibility index (Phi) is 8.17. The highest BCUT2D eigenvalue weighted by Crippen LogP contribution is 2.50. The lowest BCUT2D eigenvalue weighted by molar-refractivity contribution is -0.120. The van der Waals surface area contributed by atoms with Crippen LogP contribution in [-0.4, -0.2) is 29.9 Å². The van der Waals surface area contributed by atoms with E-state index < -0.39 is 0 Å². The lowest BCUT2D eigenvalue weighted by Crippen LogP contribution is -2.29. The van der Waals surface area contributed by atoms with Gasteiger partial charge in [0.1, 0.15) is 0 Å². The van der Waals surface area contributed by atoms with Crippen LogP contribution in [0.15, 0.2) is 90.0 Å². The maximum absolute atomic E-state index is 12.6. The number of allylic oxidation sites excluding steroid dienone is 2. The fourth-order valence-corrected chi connectivity index (χ4v) is 6.10. The lowest BCUT2D eigenvalue weighted by Gasteiger charge is -2.37. The number of esters is 1. The average Bonchev–Trinajstić information content (AvgIpc) is 3.48. The molecule has 0 radical (unpaired) electrons. The summed E-state index contributed by atoms with van der Waals surface area (Å²) in [6.45, 7) is 3.83. The van der Waals surface area contributed by atoms with Crippen LogP contribution in [-0.2, 0) is 15.3 Å². The first-order valence-electron chi connectivity index (χ1n) is 13.2. The Morgan fingerprint density at radius 3 is 2.56 bits per heavy atom. The molecule has 1 heterocycles. The van der Waals surface area contributed by atoms with Crippen molar-refractivity contribution in [1.82, 2.24) is 5.43 Å². The molecule has 0 bridgehead atoms. The molecule has 39 heavy (non-hydrogen) atoms. The van der Waals surface area contributed by atoms with Crippen molar-refractivity contribution in [2.45, 2.75) is 43.2 Å². The normalized spacial score (nSPS) is 20.4. The minimum Gasteiger partial charge on any atom is -0.465 e. The second kappa shape index (κ2) is 11.9. The van der Waals surface area contributed by atoms with Crippen molar-refractivity contribution in [2.75, 3.05) is 12.4 Å². The number of nitrogens with one attached hydrogen (secondary N) is 2. The molecule has 1 aliphatic carbocycles. The molecule has 0 spiro atoms. The number of thioether (sulfide) groups is 1. The van der Waals surface area contributed by atoms with Crippen LogP contribution in [0.1, 0.15) is 64.8 Å². The van der Waals surface area contributed by atoms with Crippen LogP contribution >= 0.6 is 11.8 Å². The van der Waals surface area contributed by atoms with E-state index in [2.05, 4.69) is 52.3 Å². The van der Waals surface area contributed by atoms with Crippen molar-refractivity contribution < 1.29 is 14.3 Å². The molecule has 200 valence electrons. The number of hydrogen-bond acceptors (Lipinski definition) is 6. The molecule has 1 amide bonds. The molecular weight excluding hydrogens is 506 g/mol. The largest absolute Gasteiger partial charge is 0.465 e. The molecule has 3 aromatic carbocycles. The third-order valence-corrected chi connectivity index (χ3v) is 8.73. The topological polar surface area (TPSA) is 79.8 Å². The standard InChI is InChI=1S/C32H33N3O3S/c1-20(34-35-31(36)21(2)39-19-22-8-5-4-6-9-22)25-16-17-29-28(18-25)26-10-7-11-27(26)30(33-29)23-12-14-24(15-13-23)32(37)38-3/h4-10,12-18,21,26-27,30,33H,11,19H2,1-3H3,(H,35,36)/b34-20-/t21-,26+,27-,30-/m0/s1. The zero-order valence-electron chi connectivity index (χ0n) is 22.4. The summed E-state index contributed by atoms with van der Waals surface area (Å²) in [5.41, 5.74) is 9.74. The fraction of sp³-hybridized carbons (Fsp3) is 0.281. The fourth-order valence-electron chi connectivity index (χ4n) is 5.26. The second-order valence-electron chi connectivity index (χ2n) is 10.0. The highest BCUT2D eigenvalue weighted by atomic mass is 32.2. The summed E-state index contributed by atoms with van der Waals surface area (Å²) in [5, 5.41) is 7.95. The van der Waals surface area contributed by atoms with Crippen molar-refractivity contribution in [1.29, 1.82) is 0 Å². The molecule has 0 aromatic heterocycles. The van der Waals surface area contributed by atoms with Gasteiger partial charge in [0.05, 0.1) is 29.7 Å². The summed E-state index contributed by atoms with van der Waals surface area (Å²) in [4.78, 5) is 24.5. The molecule has 3 aromatic rings. The van der Waals surface area contributed by atoms with Gasteiger partial charge in [-0.2, -0.15) is 5.10 Å². The number of rotatable bonds is 8. The van der Waals surface area contributed by atoms with E-state index in [4.69, 9.17) is 4.74 Å². The maximum Gasteiger partial charge on any atom is 0.337 e. The van der Waals surface area contributed by atoms with Gasteiger partial charge in [0.25, 0.3) is 5.91 Å². The van der Waals surface area contributed by atoms with Crippen LogP contribution in [0.4, 0.5) is 5.69 Å². The van der Waals surface area contributed by atoms with E-state index in [9.17, 15) is 9.59 Å². The predicted molar refractivity (Wildman–Crippen MR) is 158 cm³/mol. The summed E-state index contributed by atoms with van der Waals surface area (Å²) >= 11 is 1.60. The first-order valence-corrected chi connectivity index (χ1v) is 14.2. The minimum absolute atomic E-state index is 0.102. The molecule has 0 unspecified atom stereocenters. The lowest BCUT2D eigenvalue weighted by atomic mass is 9.76. The smallest absolute Gasteiger partial charge is 0.337 e. The molecule has 2 aliphatic rings. The van der Waals surface area contributed by atoms with Gasteiger partial charge < -0.3 is 10.1 Å². The summed E-state index contributed by atoms with van der Waals surface area (Å²) < 4.78 is 4.84. The van der Waals surface area contributed by atoms with Gasteiger partial charge in [0, 0.05) is 17.4 Å². The number of ether oxygens (including phenoxy) is 1. The number of fused-ring (bicyclic) bond motifs is 3. The van der Waals surface area contributed by atoms with E-state index in [1.165, 1.54) is 18.2 Å². The first kappa shape index (κ1) is 26.8. The van der Waals surface area contributed by atoms with Crippen molar-refractivity contribution in [3.63, 3.8) is 0 Å². The number of anilines is 1. The van der Waals surface area contributed by atoms with Crippen LogP contribution in [0.3, 0.4) is 0 Å². The molecule has 1 aliphatic heterocycles. The Hall–Kier alpha value is -3.84. The summed E-state index contributed by atoms with van der Waals surface area (Å²) in [5.74, 6) is 1.00. The molecular formula is C32H33N3O3S. The quantitative estimate of drug-likeness (QED) is 0.149. The van der Waals surface area contributed by atoms with E-state index in [-0.39, 0.29) is 29.1 Å². The Morgan fingerprint density at radius 1 is 1.08 bits per heavy atom. The zero-order chi connectivity index (χ0) is 27.4. The van der Waals surface area contributed by atoms with E-state index >= 15 is 0 Å². The van der Waals surface area contributed by atoms with Crippen LogP contribution in [0, 0.1) is 5.92 Å². The van der Waals surface area contributed by atoms with Gasteiger partial charge in [-0.1, -0.05) is 60.7 Å². The van der Waals surface area contributed by atoms with Gasteiger partial charge in [0.2, 0.25) is 0 Å². The third kappa shape index (κ3) is 5.93. The molecule has 5 rings (SSSR count). The predicted octanol–water partition coefficient (Wildman–Crippen LogP) is 6.46. The number of hydrazone groups is 1. The molecule has 0 saturated carbocycles. The highest BCUT2D eigenvalue weighted by Gasteiger charge is 2.38. The van der Waals surface area contributed by atoms with E-state index in [0.29, 0.717) is 11.5 Å². The molecule has 0 fully saturated rings. The van der Waals surface area contributed by atoms with Crippen molar-refractivity contribution >= 4 is 35.0 Å². The van der Waals surface area contributed by atoms with Crippen LogP contribution in [0.5, 0.6) is 0 Å². The van der Waals surface area contributed by atoms with Crippen molar-refractivity contribution in [2.24, 2.45) is 11.0 Å². The Morgan fingerprint density at radius 2 is 1.82 bits per heavy atom. The molecule has 6 nitrogen and oxygen atoms in total. The van der Waals surface area contributed by atoms with Crippen LogP contribution in [0.25, 0.3) is 0 Å². The Balaban J connectivity index is 1.27. The monoisotopic (exact) mass is 539 g/mol. The Bertz CT molecular complexity index is 1400. The number of hydrogen-bond donors (Lipinski definition) is 2. The average molecular weight is 540 g/mol. The van der Waals surface area contributed by atoms with Crippen LogP contribution in [0.2, 0.25) is 0 Å². The molecule has 7 heteroatoms. The maximum atomic E-state index is 12.6. The van der Waals surface area contributed by atoms with Crippen molar-refractivity contribution in [3.05, 3.63) is 113 Å². The third-order valence-electron chi connectivity index (χ3n) is 7.52. The molecule has 2 N–H and O–H groups in total. The highest BCUT2D eigenvalue weighted by molar-refractivity contribution is 7.99. The number of carbonyl (C=O) groups is 2. The SMILES string of the molecule is COC(=O)c1ccc([C@@H]2Nc3ccc(/C(C)=N\NC(=O)[C@H](C)SCc4ccccc4)cc3[C@@H]3C=CC[C@@H]32)cc1. The van der Waals surface area contributed by atoms with Gasteiger partial charge in [-0.3, -0.25) is 4.79 Å². The van der Waals surface area contributed by atoms with Gasteiger partial charge in [-0.05, 0) is 72.7 Å². The van der Waals surface area contributed by atoms with E-state index in [1.54, 1.807) is 11.8 Å². The Labute approximate surface area is 233 Å². The van der Waals surface area contributed by atoms with Gasteiger partial charge >= 0.3 is 5.97 Å². The van der Waals surface area contributed by atoms with Gasteiger partial charge in [-0.25, -0.2) is 10.2 Å². The number of carbonyl (C=O) groups excluding carboxylic acids is 2. The van der Waals surface area contributed by atoms with Gasteiger partial charge in [0.15, 0.2) is 0 Å². The second-order valence-corrected chi connectivity index (χ2v) is 11.3. The van der Waals surface area contributed by atoms with Crippen molar-refractivity contribution in [3.8, 4) is 0 Å². The summed E-state index contributed by atoms with van der Waals surface area (Å²) in [6.07, 6.45) is 5.53. The number of methoxy groups -OCH3 is 1. The number of nitrogens with zero attached hydrogens (tertiary/aromatic N) is 1. The summed E-state index contributed by atoms with van der Waals surface area (Å²) in [6, 6.07) is 24.3. The van der Waals surface area contributed by atoms with E-state index in [1.807, 2.05) is 62.4 Å². The molecule has 4 atom stereocenters. The number of benzene rings is 3. The number of amides is 1. The van der Waals surface area contributed by atoms with Crippen LogP contribution < -0.4 is 10.7 Å². The summed E-state index contributed by atoms with van der Waals surface area (Å²) in [7, 11) is 1.39. The van der Waals surface area contributed by atoms with Gasteiger partial charge in [-0.15, -0.1) is 11.8 Å². The zero-order valence-corrected chi connectivity index (χ0v) is 23.2.